The van der Waals surface area contributed by atoms with Crippen molar-refractivity contribution in [1.29, 1.82) is 0 Å². The Morgan fingerprint density at radius 2 is 1.84 bits per heavy atom. The van der Waals surface area contributed by atoms with Gasteiger partial charge in [0, 0.05) is 36.9 Å². The zero-order valence-electron chi connectivity index (χ0n) is 13.8. The van der Waals surface area contributed by atoms with Gasteiger partial charge in [-0.15, -0.1) is 0 Å². The highest BCUT2D eigenvalue weighted by Crippen LogP contribution is 2.39. The Morgan fingerprint density at radius 1 is 1.16 bits per heavy atom. The van der Waals surface area contributed by atoms with Gasteiger partial charge in [-0.05, 0) is 67.1 Å². The van der Waals surface area contributed by atoms with Crippen LogP contribution in [0.1, 0.15) is 25.7 Å². The minimum Gasteiger partial charge on any atom is -0.381 e. The summed E-state index contributed by atoms with van der Waals surface area (Å²) in [6, 6.07) is 5.54. The molecule has 1 spiro atoms. The van der Waals surface area contributed by atoms with E-state index in [-0.39, 0.29) is 28.1 Å². The first-order chi connectivity index (χ1) is 11.9. The summed E-state index contributed by atoms with van der Waals surface area (Å²) in [4.78, 5) is 14.4. The molecule has 2 amide bonds. The average Bonchev–Trinajstić information content (AvgIpc) is 2.56. The normalized spacial score (nSPS) is 20.5. The molecule has 2 heterocycles. The van der Waals surface area contributed by atoms with Crippen LogP contribution in [0.2, 0.25) is 0 Å². The van der Waals surface area contributed by atoms with E-state index in [2.05, 4.69) is 5.32 Å². The number of halogens is 3. The van der Waals surface area contributed by atoms with Crippen LogP contribution in [-0.2, 0) is 4.74 Å². The molecule has 25 heavy (non-hydrogen) atoms. The highest BCUT2D eigenvalue weighted by atomic mass is 32.2. The third-order valence-electron chi connectivity index (χ3n) is 4.84. The summed E-state index contributed by atoms with van der Waals surface area (Å²) in [5.41, 5.74) is -3.65. The number of ether oxygens (including phenoxy) is 1. The molecule has 1 aromatic rings. The molecule has 138 valence electrons. The van der Waals surface area contributed by atoms with Crippen LogP contribution in [-0.4, -0.2) is 42.7 Å². The van der Waals surface area contributed by atoms with E-state index in [4.69, 9.17) is 4.74 Å². The van der Waals surface area contributed by atoms with Gasteiger partial charge in [0.05, 0.1) is 0 Å². The summed E-state index contributed by atoms with van der Waals surface area (Å²) >= 11 is -0.164. The number of piperidine rings is 1. The van der Waals surface area contributed by atoms with Crippen molar-refractivity contribution in [3.63, 3.8) is 0 Å². The van der Waals surface area contributed by atoms with E-state index in [1.165, 1.54) is 24.3 Å². The fourth-order valence-electron chi connectivity index (χ4n) is 3.54. The second-order valence-corrected chi connectivity index (χ2v) is 7.78. The van der Waals surface area contributed by atoms with E-state index < -0.39 is 5.51 Å². The van der Waals surface area contributed by atoms with Crippen molar-refractivity contribution in [1.82, 2.24) is 4.90 Å². The van der Waals surface area contributed by atoms with Crippen molar-refractivity contribution in [2.24, 2.45) is 5.41 Å². The number of nitrogens with zero attached hydrogens (tertiary/aromatic N) is 1. The topological polar surface area (TPSA) is 41.6 Å². The van der Waals surface area contributed by atoms with Gasteiger partial charge in [0.1, 0.15) is 0 Å². The molecule has 0 atom stereocenters. The first kappa shape index (κ1) is 18.4. The molecule has 0 saturated carbocycles. The Bertz CT molecular complexity index is 595. The molecule has 2 aliphatic heterocycles. The second-order valence-electron chi connectivity index (χ2n) is 6.64. The number of nitrogens with one attached hydrogen (secondary N) is 1. The number of carbonyl (C=O) groups is 1. The van der Waals surface area contributed by atoms with Crippen molar-refractivity contribution in [2.45, 2.75) is 36.1 Å². The fourth-order valence-corrected chi connectivity index (χ4v) is 4.08. The number of alkyl halides is 3. The summed E-state index contributed by atoms with van der Waals surface area (Å²) in [6.07, 6.45) is 4.03. The zero-order valence-corrected chi connectivity index (χ0v) is 14.6. The minimum absolute atomic E-state index is 0.102. The van der Waals surface area contributed by atoms with Crippen molar-refractivity contribution in [3.05, 3.63) is 24.3 Å². The molecule has 1 aromatic carbocycles. The summed E-state index contributed by atoms with van der Waals surface area (Å²) in [5, 5.41) is 2.79. The Kier molecular flexibility index (Phi) is 5.48. The van der Waals surface area contributed by atoms with E-state index in [0.717, 1.165) is 38.9 Å². The zero-order chi connectivity index (χ0) is 17.9. The number of likely N-dealkylation sites (tertiary alicyclic amines) is 1. The maximum absolute atomic E-state index is 12.5. The predicted octanol–water partition coefficient (Wildman–Crippen LogP) is 4.72. The molecule has 2 saturated heterocycles. The van der Waals surface area contributed by atoms with Gasteiger partial charge in [-0.2, -0.15) is 13.2 Å². The Balaban J connectivity index is 1.58. The highest BCUT2D eigenvalue weighted by molar-refractivity contribution is 8.00. The van der Waals surface area contributed by atoms with Crippen molar-refractivity contribution >= 4 is 23.5 Å². The molecule has 8 heteroatoms. The van der Waals surface area contributed by atoms with Crippen LogP contribution in [0.4, 0.5) is 23.7 Å². The van der Waals surface area contributed by atoms with E-state index in [1.54, 1.807) is 0 Å². The number of anilines is 1. The summed E-state index contributed by atoms with van der Waals surface area (Å²) < 4.78 is 42.5. The molecule has 0 radical (unpaired) electrons. The van der Waals surface area contributed by atoms with Crippen molar-refractivity contribution in [2.75, 3.05) is 31.6 Å². The summed E-state index contributed by atoms with van der Waals surface area (Å²) in [6.45, 7) is 2.90. The van der Waals surface area contributed by atoms with E-state index in [9.17, 15) is 18.0 Å². The van der Waals surface area contributed by atoms with Crippen LogP contribution in [0, 0.1) is 5.41 Å². The Hall–Kier alpha value is -1.41. The van der Waals surface area contributed by atoms with Crippen LogP contribution < -0.4 is 5.32 Å². The average molecular weight is 374 g/mol. The molecule has 0 unspecified atom stereocenters. The highest BCUT2D eigenvalue weighted by Gasteiger charge is 2.38. The number of benzene rings is 1. The smallest absolute Gasteiger partial charge is 0.381 e. The molecular weight excluding hydrogens is 353 g/mol. The SMILES string of the molecule is O=C(Nc1ccc(SC(F)(F)F)cc1)N1CCCC2(CCOCC2)C1. The molecule has 2 aliphatic rings. The van der Waals surface area contributed by atoms with E-state index >= 15 is 0 Å². The van der Waals surface area contributed by atoms with Crippen LogP contribution in [0.5, 0.6) is 0 Å². The monoisotopic (exact) mass is 374 g/mol. The number of rotatable bonds is 2. The molecule has 4 nitrogen and oxygen atoms in total. The van der Waals surface area contributed by atoms with Gasteiger partial charge in [0.25, 0.3) is 0 Å². The van der Waals surface area contributed by atoms with Gasteiger partial charge in [-0.3, -0.25) is 0 Å². The van der Waals surface area contributed by atoms with Crippen molar-refractivity contribution in [3.8, 4) is 0 Å². The Morgan fingerprint density at radius 3 is 2.48 bits per heavy atom. The van der Waals surface area contributed by atoms with Gasteiger partial charge < -0.3 is 15.0 Å². The first-order valence-corrected chi connectivity index (χ1v) is 9.16. The van der Waals surface area contributed by atoms with Gasteiger partial charge in [0.15, 0.2) is 0 Å². The standard InChI is InChI=1S/C17H21F3N2O2S/c18-17(19,20)25-14-4-2-13(3-5-14)21-15(23)22-9-1-6-16(12-22)7-10-24-11-8-16/h2-5H,1,6-12H2,(H,21,23). The number of carbonyl (C=O) groups excluding carboxylic acids is 1. The predicted molar refractivity (Wildman–Crippen MR) is 90.7 cm³/mol. The first-order valence-electron chi connectivity index (χ1n) is 8.35. The number of urea groups is 1. The lowest BCUT2D eigenvalue weighted by atomic mass is 9.74. The van der Waals surface area contributed by atoms with Crippen LogP contribution in [0.25, 0.3) is 0 Å². The van der Waals surface area contributed by atoms with Crippen molar-refractivity contribution < 1.29 is 22.7 Å². The largest absolute Gasteiger partial charge is 0.446 e. The fraction of sp³-hybridized carbons (Fsp3) is 0.588. The Labute approximate surface area is 149 Å². The lowest BCUT2D eigenvalue weighted by Gasteiger charge is -2.45. The molecule has 1 N–H and O–H groups in total. The quantitative estimate of drug-likeness (QED) is 0.762. The van der Waals surface area contributed by atoms with Crippen LogP contribution in [0.15, 0.2) is 29.2 Å². The maximum Gasteiger partial charge on any atom is 0.446 e. The third-order valence-corrected chi connectivity index (χ3v) is 5.58. The molecule has 0 aromatic heterocycles. The van der Waals surface area contributed by atoms with Gasteiger partial charge in [-0.25, -0.2) is 4.79 Å². The van der Waals surface area contributed by atoms with E-state index in [1.807, 2.05) is 4.90 Å². The lowest BCUT2D eigenvalue weighted by Crippen LogP contribution is -2.49. The van der Waals surface area contributed by atoms with Gasteiger partial charge in [0.2, 0.25) is 0 Å². The van der Waals surface area contributed by atoms with Crippen LogP contribution in [0.3, 0.4) is 0 Å². The second kappa shape index (κ2) is 7.45. The van der Waals surface area contributed by atoms with Gasteiger partial charge >= 0.3 is 11.5 Å². The summed E-state index contributed by atoms with van der Waals surface area (Å²) in [7, 11) is 0. The van der Waals surface area contributed by atoms with Crippen LogP contribution >= 0.6 is 11.8 Å². The number of hydrogen-bond acceptors (Lipinski definition) is 3. The molecular formula is C17H21F3N2O2S. The van der Waals surface area contributed by atoms with Gasteiger partial charge in [-0.1, -0.05) is 0 Å². The number of amides is 2. The lowest BCUT2D eigenvalue weighted by molar-refractivity contribution is -0.0328. The third kappa shape index (κ3) is 5.04. The summed E-state index contributed by atoms with van der Waals surface area (Å²) in [5.74, 6) is 0. The maximum atomic E-state index is 12.5. The molecule has 0 aliphatic carbocycles. The molecule has 3 rings (SSSR count). The molecule has 0 bridgehead atoms. The molecule has 2 fully saturated rings. The number of thioether (sulfide) groups is 1. The number of hydrogen-bond donors (Lipinski definition) is 1. The minimum atomic E-state index is -4.31. The van der Waals surface area contributed by atoms with E-state index in [0.29, 0.717) is 18.8 Å².